The lowest BCUT2D eigenvalue weighted by Crippen LogP contribution is -2.16. The van der Waals surface area contributed by atoms with Crippen LogP contribution in [-0.4, -0.2) is 37.8 Å². The van der Waals surface area contributed by atoms with Crippen molar-refractivity contribution in [2.45, 2.75) is 6.54 Å². The molecule has 1 aromatic heterocycles. The van der Waals surface area contributed by atoms with Crippen LogP contribution in [0.4, 0.5) is 22.9 Å². The molecule has 5 aromatic rings. The van der Waals surface area contributed by atoms with E-state index in [0.29, 0.717) is 32.8 Å². The van der Waals surface area contributed by atoms with Crippen molar-refractivity contribution < 1.29 is 24.6 Å². The average molecular weight is 701 g/mol. The Morgan fingerprint density at radius 1 is 0.761 bits per heavy atom. The number of nitrogens with one attached hydrogen (secondary N) is 4. The number of carbonyl (C=O) groups is 3. The van der Waals surface area contributed by atoms with Crippen molar-refractivity contribution in [1.29, 1.82) is 0 Å². The number of halogens is 4. The first-order chi connectivity index (χ1) is 21.9. The number of aromatic amines is 1. The number of hydrogen-bond donors (Lipinski definition) is 6. The van der Waals surface area contributed by atoms with E-state index in [1.807, 2.05) is 6.07 Å². The first-order valence-corrected chi connectivity index (χ1v) is 14.7. The van der Waals surface area contributed by atoms with E-state index < -0.39 is 23.4 Å². The van der Waals surface area contributed by atoms with Gasteiger partial charge in [0.15, 0.2) is 0 Å². The van der Waals surface area contributed by atoms with Gasteiger partial charge in [-0.15, -0.1) is 0 Å². The summed E-state index contributed by atoms with van der Waals surface area (Å²) < 4.78 is 1.20. The number of nitrogens with zero attached hydrogens (tertiary/aromatic N) is 1. The van der Waals surface area contributed by atoms with Gasteiger partial charge in [0.25, 0.3) is 11.5 Å². The third kappa shape index (κ3) is 7.30. The number of amides is 1. The van der Waals surface area contributed by atoms with E-state index >= 15 is 0 Å². The van der Waals surface area contributed by atoms with Crippen molar-refractivity contribution in [3.8, 4) is 5.69 Å². The Bertz CT molecular complexity index is 2050. The largest absolute Gasteiger partial charge is 0.478 e. The van der Waals surface area contributed by atoms with Crippen LogP contribution >= 0.6 is 46.4 Å². The predicted octanol–water partition coefficient (Wildman–Crippen LogP) is 7.78. The van der Waals surface area contributed by atoms with Crippen LogP contribution in [0.2, 0.25) is 20.1 Å². The number of benzene rings is 4. The maximum absolute atomic E-state index is 13.0. The molecule has 0 aliphatic carbocycles. The molecule has 0 atom stereocenters. The molecule has 0 bridgehead atoms. The van der Waals surface area contributed by atoms with Crippen LogP contribution in [0.3, 0.4) is 0 Å². The van der Waals surface area contributed by atoms with Crippen LogP contribution in [0.5, 0.6) is 0 Å². The highest BCUT2D eigenvalue weighted by molar-refractivity contribution is 6.40. The summed E-state index contributed by atoms with van der Waals surface area (Å²) in [4.78, 5) is 48.6. The predicted molar refractivity (Wildman–Crippen MR) is 178 cm³/mol. The molecule has 0 aliphatic heterocycles. The first kappa shape index (κ1) is 32.5. The van der Waals surface area contributed by atoms with Gasteiger partial charge in [0.05, 0.1) is 26.9 Å². The summed E-state index contributed by atoms with van der Waals surface area (Å²) in [7, 11) is 0. The van der Waals surface area contributed by atoms with Crippen LogP contribution in [0.15, 0.2) is 83.7 Å². The minimum atomic E-state index is -1.39. The van der Waals surface area contributed by atoms with E-state index in [4.69, 9.17) is 51.5 Å². The van der Waals surface area contributed by atoms with Gasteiger partial charge in [-0.25, -0.2) is 14.3 Å². The lowest BCUT2D eigenvalue weighted by atomic mass is 10.1. The molecular formula is C31H21Cl4N5O6. The summed E-state index contributed by atoms with van der Waals surface area (Å²) in [6.45, 7) is 0.220. The van der Waals surface area contributed by atoms with E-state index in [2.05, 4.69) is 21.0 Å². The SMILES string of the molecule is O=C(O)c1ccc(NC(=O)c2ccc(Cl)c(CNc3cccc(Nc4cc(=O)n(-c5c(Cl)cc(Cl)cc5Cl)[nH]4)c3)c2)c(C(=O)O)c1. The fraction of sp³-hybridized carbons (Fsp3) is 0.0323. The number of H-pyrrole nitrogens is 1. The number of hydrogen-bond acceptors (Lipinski definition) is 6. The third-order valence-corrected chi connectivity index (χ3v) is 7.77. The Morgan fingerprint density at radius 3 is 2.15 bits per heavy atom. The second-order valence-electron chi connectivity index (χ2n) is 9.75. The van der Waals surface area contributed by atoms with Gasteiger partial charge < -0.3 is 26.2 Å². The van der Waals surface area contributed by atoms with Crippen molar-refractivity contribution >= 4 is 87.1 Å². The van der Waals surface area contributed by atoms with Gasteiger partial charge in [-0.05, 0) is 72.3 Å². The lowest BCUT2D eigenvalue weighted by Gasteiger charge is -2.13. The maximum atomic E-state index is 13.0. The smallest absolute Gasteiger partial charge is 0.337 e. The molecule has 1 amide bonds. The molecular weight excluding hydrogens is 680 g/mol. The number of carboxylic acids is 2. The maximum Gasteiger partial charge on any atom is 0.337 e. The second-order valence-corrected chi connectivity index (χ2v) is 11.4. The van der Waals surface area contributed by atoms with Crippen LogP contribution in [0.1, 0.15) is 36.6 Å². The average Bonchev–Trinajstić information content (AvgIpc) is 3.35. The van der Waals surface area contributed by atoms with Gasteiger partial charge in [-0.2, -0.15) is 0 Å². The molecule has 0 aliphatic rings. The van der Waals surface area contributed by atoms with E-state index in [1.165, 1.54) is 47.1 Å². The molecule has 4 aromatic carbocycles. The Morgan fingerprint density at radius 2 is 1.46 bits per heavy atom. The van der Waals surface area contributed by atoms with Gasteiger partial charge in [0, 0.05) is 39.6 Å². The molecule has 0 fully saturated rings. The zero-order valence-electron chi connectivity index (χ0n) is 23.2. The summed E-state index contributed by atoms with van der Waals surface area (Å²) in [5, 5.41) is 31.6. The van der Waals surface area contributed by atoms with E-state index in [1.54, 1.807) is 24.3 Å². The zero-order chi connectivity index (χ0) is 33.1. The second kappa shape index (κ2) is 13.6. The summed E-state index contributed by atoms with van der Waals surface area (Å²) in [6, 6.07) is 19.4. The normalized spacial score (nSPS) is 10.8. The minimum Gasteiger partial charge on any atom is -0.478 e. The Hall–Kier alpha value is -4.94. The summed E-state index contributed by atoms with van der Waals surface area (Å²) >= 11 is 24.9. The molecule has 46 heavy (non-hydrogen) atoms. The molecule has 11 nitrogen and oxygen atoms in total. The zero-order valence-corrected chi connectivity index (χ0v) is 26.2. The van der Waals surface area contributed by atoms with Gasteiger partial charge in [-0.3, -0.25) is 14.7 Å². The number of aromatic nitrogens is 2. The van der Waals surface area contributed by atoms with Gasteiger partial charge in [0.1, 0.15) is 11.5 Å². The molecule has 15 heteroatoms. The van der Waals surface area contributed by atoms with Crippen molar-refractivity contribution in [1.82, 2.24) is 9.78 Å². The molecule has 6 N–H and O–H groups in total. The van der Waals surface area contributed by atoms with Gasteiger partial charge in [-0.1, -0.05) is 52.5 Å². The summed E-state index contributed by atoms with van der Waals surface area (Å²) in [5.74, 6) is -2.93. The molecule has 5 rings (SSSR count). The molecule has 0 unspecified atom stereocenters. The standard InChI is InChI=1S/C31H21Cl4N5O6/c32-18-10-23(34)28(24(35)11-18)40-27(41)13-26(39-40)37-20-3-1-2-19(12-20)36-14-17-8-15(4-6-22(17)33)29(42)38-25-7-5-16(30(43)44)9-21(25)31(45)46/h1-13,36-37,39H,14H2,(H,38,42)(H,43,44)(H,45,46). The van der Waals surface area contributed by atoms with Crippen LogP contribution in [0.25, 0.3) is 5.69 Å². The third-order valence-electron chi connectivity index (χ3n) is 6.60. The number of rotatable bonds is 10. The summed E-state index contributed by atoms with van der Waals surface area (Å²) in [5.41, 5.74) is 1.29. The summed E-state index contributed by atoms with van der Waals surface area (Å²) in [6.07, 6.45) is 0. The molecule has 0 saturated carbocycles. The van der Waals surface area contributed by atoms with E-state index in [9.17, 15) is 24.3 Å². The molecule has 0 radical (unpaired) electrons. The quantitative estimate of drug-likeness (QED) is 0.0859. The van der Waals surface area contributed by atoms with Crippen molar-refractivity contribution in [2.75, 3.05) is 16.0 Å². The van der Waals surface area contributed by atoms with Gasteiger partial charge in [0.2, 0.25) is 0 Å². The number of anilines is 4. The highest BCUT2D eigenvalue weighted by Gasteiger charge is 2.18. The topological polar surface area (TPSA) is 166 Å². The number of carboxylic acid groups (broad SMARTS) is 2. The Balaban J connectivity index is 1.29. The Kier molecular flexibility index (Phi) is 9.59. The number of carbonyl (C=O) groups excluding carboxylic acids is 1. The van der Waals surface area contributed by atoms with Crippen LogP contribution in [0, 0.1) is 0 Å². The first-order valence-electron chi connectivity index (χ1n) is 13.2. The van der Waals surface area contributed by atoms with Crippen LogP contribution in [-0.2, 0) is 6.54 Å². The van der Waals surface area contributed by atoms with Crippen molar-refractivity contribution in [3.63, 3.8) is 0 Å². The minimum absolute atomic E-state index is 0.0579. The van der Waals surface area contributed by atoms with Crippen LogP contribution < -0.4 is 21.5 Å². The van der Waals surface area contributed by atoms with E-state index in [-0.39, 0.29) is 44.7 Å². The van der Waals surface area contributed by atoms with E-state index in [0.717, 1.165) is 6.07 Å². The van der Waals surface area contributed by atoms with Crippen molar-refractivity contribution in [3.05, 3.63) is 132 Å². The van der Waals surface area contributed by atoms with Crippen molar-refractivity contribution in [2.24, 2.45) is 0 Å². The van der Waals surface area contributed by atoms with Gasteiger partial charge >= 0.3 is 11.9 Å². The highest BCUT2D eigenvalue weighted by atomic mass is 35.5. The highest BCUT2D eigenvalue weighted by Crippen LogP contribution is 2.32. The molecule has 0 saturated heterocycles. The fourth-order valence-electron chi connectivity index (χ4n) is 4.44. The monoisotopic (exact) mass is 699 g/mol. The fourth-order valence-corrected chi connectivity index (χ4v) is 5.61. The lowest BCUT2D eigenvalue weighted by molar-refractivity contribution is 0.0696. The Labute approximate surface area is 280 Å². The molecule has 0 spiro atoms. The number of aromatic carboxylic acids is 2. The molecule has 1 heterocycles. The molecule has 234 valence electrons.